The van der Waals surface area contributed by atoms with Crippen molar-refractivity contribution in [2.24, 2.45) is 0 Å². The second-order valence-electron chi connectivity index (χ2n) is 4.92. The van der Waals surface area contributed by atoms with Gasteiger partial charge in [-0.05, 0) is 26.3 Å². The molecule has 0 aliphatic rings. The molecular formula is C13H29N3O4S. The van der Waals surface area contributed by atoms with Crippen LogP contribution < -0.4 is 10.6 Å². The van der Waals surface area contributed by atoms with E-state index in [0.717, 1.165) is 6.42 Å². The first-order valence-corrected chi connectivity index (χ1v) is 9.12. The minimum absolute atomic E-state index is 0.0541. The zero-order valence-electron chi connectivity index (χ0n) is 13.5. The van der Waals surface area contributed by atoms with Gasteiger partial charge in [-0.1, -0.05) is 6.92 Å². The summed E-state index contributed by atoms with van der Waals surface area (Å²) in [4.78, 5) is 11.7. The van der Waals surface area contributed by atoms with Gasteiger partial charge < -0.3 is 15.4 Å². The van der Waals surface area contributed by atoms with E-state index in [1.807, 2.05) is 6.92 Å². The highest BCUT2D eigenvalue weighted by Gasteiger charge is 2.14. The lowest BCUT2D eigenvalue weighted by Crippen LogP contribution is -2.43. The lowest BCUT2D eigenvalue weighted by molar-refractivity contribution is -0.122. The molecule has 1 unspecified atom stereocenters. The van der Waals surface area contributed by atoms with Gasteiger partial charge in [0.15, 0.2) is 0 Å². The van der Waals surface area contributed by atoms with Crippen LogP contribution in [-0.2, 0) is 19.6 Å². The van der Waals surface area contributed by atoms with Crippen LogP contribution in [-0.4, -0.2) is 70.8 Å². The molecule has 0 saturated carbocycles. The molecule has 0 saturated heterocycles. The van der Waals surface area contributed by atoms with Gasteiger partial charge in [0.25, 0.3) is 0 Å². The van der Waals surface area contributed by atoms with Crippen molar-refractivity contribution in [3.8, 4) is 0 Å². The van der Waals surface area contributed by atoms with E-state index in [4.69, 9.17) is 4.74 Å². The Kier molecular flexibility index (Phi) is 10.6. The van der Waals surface area contributed by atoms with Crippen molar-refractivity contribution in [3.05, 3.63) is 0 Å². The van der Waals surface area contributed by atoms with Gasteiger partial charge in [-0.25, -0.2) is 12.7 Å². The van der Waals surface area contributed by atoms with Gasteiger partial charge in [-0.2, -0.15) is 0 Å². The van der Waals surface area contributed by atoms with Crippen LogP contribution >= 0.6 is 0 Å². The van der Waals surface area contributed by atoms with Gasteiger partial charge >= 0.3 is 0 Å². The molecule has 0 bridgehead atoms. The van der Waals surface area contributed by atoms with Crippen LogP contribution in [0.25, 0.3) is 0 Å². The molecule has 7 nitrogen and oxygen atoms in total. The topological polar surface area (TPSA) is 87.7 Å². The van der Waals surface area contributed by atoms with E-state index < -0.39 is 10.0 Å². The fourth-order valence-corrected chi connectivity index (χ4v) is 2.74. The van der Waals surface area contributed by atoms with Crippen molar-refractivity contribution in [1.29, 1.82) is 0 Å². The average molecular weight is 323 g/mol. The third kappa shape index (κ3) is 9.78. The summed E-state index contributed by atoms with van der Waals surface area (Å²) in [7, 11) is -1.51. The maximum absolute atomic E-state index is 11.7. The molecule has 0 fully saturated rings. The summed E-state index contributed by atoms with van der Waals surface area (Å²) in [5.41, 5.74) is 0. The second-order valence-corrected chi connectivity index (χ2v) is 6.90. The summed E-state index contributed by atoms with van der Waals surface area (Å²) in [5, 5.41) is 5.90. The molecule has 0 rings (SSSR count). The lowest BCUT2D eigenvalue weighted by Gasteiger charge is -2.19. The van der Waals surface area contributed by atoms with E-state index in [2.05, 4.69) is 10.6 Å². The molecule has 0 aliphatic heterocycles. The van der Waals surface area contributed by atoms with Crippen LogP contribution in [0.2, 0.25) is 0 Å². The molecule has 0 aliphatic carbocycles. The zero-order valence-corrected chi connectivity index (χ0v) is 14.3. The van der Waals surface area contributed by atoms with Crippen LogP contribution in [0.5, 0.6) is 0 Å². The number of rotatable bonds is 12. The first kappa shape index (κ1) is 20.3. The number of hydrogen-bond donors (Lipinski definition) is 2. The van der Waals surface area contributed by atoms with Crippen LogP contribution in [0.3, 0.4) is 0 Å². The predicted molar refractivity (Wildman–Crippen MR) is 83.7 cm³/mol. The number of ether oxygens (including phenoxy) is 1. The van der Waals surface area contributed by atoms with Crippen LogP contribution in [0, 0.1) is 0 Å². The first-order chi connectivity index (χ1) is 9.82. The highest BCUT2D eigenvalue weighted by atomic mass is 32.2. The van der Waals surface area contributed by atoms with Gasteiger partial charge in [0, 0.05) is 33.4 Å². The average Bonchev–Trinajstić information content (AvgIpc) is 2.41. The van der Waals surface area contributed by atoms with E-state index in [9.17, 15) is 13.2 Å². The maximum atomic E-state index is 11.7. The molecule has 2 N–H and O–H groups in total. The molecule has 126 valence electrons. The number of carbonyl (C=O) groups excluding carboxylic acids is 1. The second kappa shape index (κ2) is 10.9. The Bertz CT molecular complexity index is 387. The van der Waals surface area contributed by atoms with Gasteiger partial charge in [0.1, 0.15) is 0 Å². The normalized spacial score (nSPS) is 13.4. The summed E-state index contributed by atoms with van der Waals surface area (Å²) in [5.74, 6) is -0.0541. The lowest BCUT2D eigenvalue weighted by atomic mass is 10.3. The molecule has 1 amide bonds. The van der Waals surface area contributed by atoms with E-state index in [1.54, 1.807) is 14.0 Å². The molecule has 0 aromatic rings. The molecular weight excluding hydrogens is 294 g/mol. The Balaban J connectivity index is 3.83. The van der Waals surface area contributed by atoms with E-state index in [0.29, 0.717) is 39.2 Å². The third-order valence-electron chi connectivity index (χ3n) is 3.07. The number of carbonyl (C=O) groups is 1. The minimum Gasteiger partial charge on any atom is -0.385 e. The Labute approximate surface area is 128 Å². The first-order valence-electron chi connectivity index (χ1n) is 7.28. The number of nitrogens with one attached hydrogen (secondary N) is 2. The summed E-state index contributed by atoms with van der Waals surface area (Å²) < 4.78 is 29.1. The Morgan fingerprint density at radius 2 is 1.95 bits per heavy atom. The number of sulfonamides is 1. The van der Waals surface area contributed by atoms with Gasteiger partial charge in [0.05, 0.1) is 12.3 Å². The Morgan fingerprint density at radius 1 is 1.29 bits per heavy atom. The van der Waals surface area contributed by atoms with Gasteiger partial charge in [-0.3, -0.25) is 4.79 Å². The molecule has 1 atom stereocenters. The Morgan fingerprint density at radius 3 is 2.48 bits per heavy atom. The molecule has 8 heteroatoms. The minimum atomic E-state index is -3.14. The van der Waals surface area contributed by atoms with E-state index in [-0.39, 0.29) is 11.9 Å². The summed E-state index contributed by atoms with van der Waals surface area (Å²) >= 11 is 0. The molecule has 0 radical (unpaired) electrons. The largest absolute Gasteiger partial charge is 0.385 e. The summed E-state index contributed by atoms with van der Waals surface area (Å²) in [6, 6.07) is -0.291. The molecule has 0 heterocycles. The smallest absolute Gasteiger partial charge is 0.236 e. The quantitative estimate of drug-likeness (QED) is 0.485. The standard InChI is InChI=1S/C13H29N3O4S/c1-5-16(21(4,18)19)10-6-8-14-12(2)13(17)15-9-7-11-20-3/h12,14H,5-11H2,1-4H3,(H,15,17). The van der Waals surface area contributed by atoms with Crippen LogP contribution in [0.4, 0.5) is 0 Å². The maximum Gasteiger partial charge on any atom is 0.236 e. The van der Waals surface area contributed by atoms with E-state index >= 15 is 0 Å². The molecule has 0 aromatic heterocycles. The number of amides is 1. The number of hydrogen-bond acceptors (Lipinski definition) is 5. The predicted octanol–water partition coefficient (Wildman–Crippen LogP) is -0.211. The molecule has 0 aromatic carbocycles. The fraction of sp³-hybridized carbons (Fsp3) is 0.923. The SMILES string of the molecule is CCN(CCCNC(C)C(=O)NCCCOC)S(C)(=O)=O. The van der Waals surface area contributed by atoms with Crippen molar-refractivity contribution < 1.29 is 17.9 Å². The van der Waals surface area contributed by atoms with Crippen molar-refractivity contribution in [2.45, 2.75) is 32.7 Å². The molecule has 0 spiro atoms. The van der Waals surface area contributed by atoms with Crippen molar-refractivity contribution in [3.63, 3.8) is 0 Å². The number of methoxy groups -OCH3 is 1. The van der Waals surface area contributed by atoms with Crippen LogP contribution in [0.1, 0.15) is 26.7 Å². The summed E-state index contributed by atoms with van der Waals surface area (Å²) in [6.45, 7) is 6.35. The van der Waals surface area contributed by atoms with Gasteiger partial charge in [-0.15, -0.1) is 0 Å². The van der Waals surface area contributed by atoms with Crippen molar-refractivity contribution in [2.75, 3.05) is 46.2 Å². The number of nitrogens with zero attached hydrogens (tertiary/aromatic N) is 1. The van der Waals surface area contributed by atoms with Crippen molar-refractivity contribution >= 4 is 15.9 Å². The van der Waals surface area contributed by atoms with E-state index in [1.165, 1.54) is 10.6 Å². The fourth-order valence-electron chi connectivity index (χ4n) is 1.81. The van der Waals surface area contributed by atoms with Gasteiger partial charge in [0.2, 0.25) is 15.9 Å². The highest BCUT2D eigenvalue weighted by Crippen LogP contribution is 1.98. The monoisotopic (exact) mass is 323 g/mol. The zero-order chi connectivity index (χ0) is 16.3. The third-order valence-corrected chi connectivity index (χ3v) is 4.45. The summed E-state index contributed by atoms with van der Waals surface area (Å²) in [6.07, 6.45) is 2.66. The van der Waals surface area contributed by atoms with Crippen molar-refractivity contribution in [1.82, 2.24) is 14.9 Å². The van der Waals surface area contributed by atoms with Crippen LogP contribution in [0.15, 0.2) is 0 Å². The molecule has 21 heavy (non-hydrogen) atoms. The Hall–Kier alpha value is -0.700. The highest BCUT2D eigenvalue weighted by molar-refractivity contribution is 7.88.